The minimum Gasteiger partial charge on any atom is -0.481 e. The topological polar surface area (TPSA) is 92.4 Å². The second-order valence-electron chi connectivity index (χ2n) is 6.38. The Hall–Kier alpha value is -2.34. The summed E-state index contributed by atoms with van der Waals surface area (Å²) >= 11 is 5.86. The predicted octanol–water partition coefficient (Wildman–Crippen LogP) is 3.44. The number of hydrogen-bond donors (Lipinski definition) is 2. The van der Waals surface area contributed by atoms with Gasteiger partial charge in [-0.25, -0.2) is 4.98 Å². The third-order valence-electron chi connectivity index (χ3n) is 4.45. The van der Waals surface area contributed by atoms with Crippen LogP contribution in [0.1, 0.15) is 38.0 Å². The van der Waals surface area contributed by atoms with Crippen LogP contribution >= 0.6 is 11.6 Å². The molecule has 0 atom stereocenters. The molecule has 2 N–H and O–H groups in total. The number of rotatable bonds is 7. The predicted molar refractivity (Wildman–Crippen MR) is 92.2 cm³/mol. The summed E-state index contributed by atoms with van der Waals surface area (Å²) in [6.45, 7) is 0. The van der Waals surface area contributed by atoms with Crippen LogP contribution in [0.5, 0.6) is 0 Å². The fourth-order valence-corrected chi connectivity index (χ4v) is 3.12. The zero-order chi connectivity index (χ0) is 17.9. The Labute approximate surface area is 150 Å². The van der Waals surface area contributed by atoms with Crippen LogP contribution in [0, 0.1) is 0 Å². The summed E-state index contributed by atoms with van der Waals surface area (Å²) in [5.74, 6) is 0.0295. The van der Waals surface area contributed by atoms with Crippen molar-refractivity contribution in [2.24, 2.45) is 0 Å². The zero-order valence-electron chi connectivity index (χ0n) is 13.6. The zero-order valence-corrected chi connectivity index (χ0v) is 14.4. The summed E-state index contributed by atoms with van der Waals surface area (Å²) in [7, 11) is 0. The molecule has 7 heteroatoms. The van der Waals surface area contributed by atoms with Crippen LogP contribution in [-0.4, -0.2) is 27.5 Å². The van der Waals surface area contributed by atoms with Gasteiger partial charge in [0.1, 0.15) is 0 Å². The van der Waals surface area contributed by atoms with E-state index < -0.39 is 11.5 Å². The number of nitrogens with one attached hydrogen (secondary N) is 1. The molecule has 0 spiro atoms. The average molecular weight is 363 g/mol. The average Bonchev–Trinajstić information content (AvgIpc) is 3.00. The molecule has 1 fully saturated rings. The molecular weight excluding hydrogens is 344 g/mol. The van der Waals surface area contributed by atoms with Gasteiger partial charge >= 0.3 is 5.97 Å². The maximum Gasteiger partial charge on any atom is 0.305 e. The molecule has 1 aromatic heterocycles. The Morgan fingerprint density at radius 3 is 2.60 bits per heavy atom. The fraction of sp³-hybridized carbons (Fsp3) is 0.389. The fourth-order valence-electron chi connectivity index (χ4n) is 2.99. The number of halogens is 1. The van der Waals surface area contributed by atoms with Gasteiger partial charge in [-0.05, 0) is 43.5 Å². The number of aliphatic carboxylic acids is 1. The highest BCUT2D eigenvalue weighted by atomic mass is 35.5. The van der Waals surface area contributed by atoms with Crippen molar-refractivity contribution in [2.45, 2.75) is 44.1 Å². The quantitative estimate of drug-likeness (QED) is 0.787. The van der Waals surface area contributed by atoms with Gasteiger partial charge in [0.25, 0.3) is 0 Å². The lowest BCUT2D eigenvalue weighted by atomic mass is 9.74. The molecule has 0 radical (unpaired) electrons. The van der Waals surface area contributed by atoms with Gasteiger partial charge in [0, 0.05) is 23.4 Å². The number of carbonyl (C=O) groups excluding carboxylic acids is 1. The minimum atomic E-state index is -0.889. The summed E-state index contributed by atoms with van der Waals surface area (Å²) < 4.78 is 5.67. The second-order valence-corrected chi connectivity index (χ2v) is 6.81. The number of carbonyl (C=O) groups is 2. The molecule has 0 saturated heterocycles. The smallest absolute Gasteiger partial charge is 0.305 e. The summed E-state index contributed by atoms with van der Waals surface area (Å²) in [5.41, 5.74) is 0.288. The molecule has 0 bridgehead atoms. The summed E-state index contributed by atoms with van der Waals surface area (Å²) in [5, 5.41) is 12.5. The van der Waals surface area contributed by atoms with Crippen molar-refractivity contribution in [2.75, 3.05) is 0 Å². The van der Waals surface area contributed by atoms with Crippen molar-refractivity contribution in [3.05, 3.63) is 41.4 Å². The van der Waals surface area contributed by atoms with Gasteiger partial charge in [-0.2, -0.15) is 0 Å². The van der Waals surface area contributed by atoms with Crippen LogP contribution in [0.3, 0.4) is 0 Å². The third-order valence-corrected chi connectivity index (χ3v) is 4.71. The van der Waals surface area contributed by atoms with Gasteiger partial charge in [0.05, 0.1) is 18.2 Å². The first-order chi connectivity index (χ1) is 12.0. The van der Waals surface area contributed by atoms with Crippen LogP contribution in [0.4, 0.5) is 0 Å². The highest BCUT2D eigenvalue weighted by Gasteiger charge is 2.40. The van der Waals surface area contributed by atoms with Gasteiger partial charge in [-0.3, -0.25) is 9.59 Å². The normalized spacial score (nSPS) is 15.4. The Kier molecular flexibility index (Phi) is 5.08. The van der Waals surface area contributed by atoms with Gasteiger partial charge in [-0.1, -0.05) is 11.6 Å². The Morgan fingerprint density at radius 2 is 2.00 bits per heavy atom. The van der Waals surface area contributed by atoms with Crippen molar-refractivity contribution in [3.8, 4) is 11.3 Å². The monoisotopic (exact) mass is 362 g/mol. The first-order valence-electron chi connectivity index (χ1n) is 8.19. The largest absolute Gasteiger partial charge is 0.481 e. The molecule has 1 aromatic carbocycles. The van der Waals surface area contributed by atoms with E-state index in [0.717, 1.165) is 12.0 Å². The van der Waals surface area contributed by atoms with Gasteiger partial charge < -0.3 is 14.8 Å². The molecule has 1 heterocycles. The van der Waals surface area contributed by atoms with Gasteiger partial charge in [0.15, 0.2) is 11.7 Å². The maximum atomic E-state index is 12.1. The van der Waals surface area contributed by atoms with Crippen molar-refractivity contribution in [3.63, 3.8) is 0 Å². The van der Waals surface area contributed by atoms with Crippen LogP contribution in [-0.2, 0) is 16.0 Å². The molecule has 3 rings (SSSR count). The minimum absolute atomic E-state index is 0.0293. The number of carboxylic acid groups (broad SMARTS) is 1. The molecule has 0 unspecified atom stereocenters. The van der Waals surface area contributed by atoms with Crippen molar-refractivity contribution in [1.29, 1.82) is 0 Å². The SMILES string of the molecule is O=C(O)CC1(NC(=O)CCc2ncc(-c3ccc(Cl)cc3)o2)CCC1. The van der Waals surface area contributed by atoms with E-state index in [9.17, 15) is 9.59 Å². The summed E-state index contributed by atoms with van der Waals surface area (Å²) in [6.07, 6.45) is 4.53. The van der Waals surface area contributed by atoms with Gasteiger partial charge in [-0.15, -0.1) is 0 Å². The number of benzene rings is 1. The number of oxazole rings is 1. The lowest BCUT2D eigenvalue weighted by molar-refractivity contribution is -0.140. The van der Waals surface area contributed by atoms with Crippen LogP contribution < -0.4 is 5.32 Å². The van der Waals surface area contributed by atoms with E-state index in [0.29, 0.717) is 35.9 Å². The molecule has 0 aliphatic heterocycles. The molecule has 1 saturated carbocycles. The summed E-state index contributed by atoms with van der Waals surface area (Å²) in [6, 6.07) is 7.22. The van der Waals surface area contributed by atoms with E-state index in [-0.39, 0.29) is 18.7 Å². The molecule has 1 aliphatic rings. The second kappa shape index (κ2) is 7.27. The summed E-state index contributed by atoms with van der Waals surface area (Å²) in [4.78, 5) is 27.3. The van der Waals surface area contributed by atoms with Crippen molar-refractivity contribution in [1.82, 2.24) is 10.3 Å². The maximum absolute atomic E-state index is 12.1. The van der Waals surface area contributed by atoms with E-state index in [1.165, 1.54) is 0 Å². The Morgan fingerprint density at radius 1 is 1.28 bits per heavy atom. The molecular formula is C18H19ClN2O4. The first kappa shape index (κ1) is 17.5. The van der Waals surface area contributed by atoms with Crippen molar-refractivity contribution < 1.29 is 19.1 Å². The molecule has 6 nitrogen and oxygen atoms in total. The molecule has 1 aliphatic carbocycles. The molecule has 132 valence electrons. The van der Waals surface area contributed by atoms with E-state index in [1.54, 1.807) is 18.3 Å². The lowest BCUT2D eigenvalue weighted by Crippen LogP contribution is -2.54. The number of aromatic nitrogens is 1. The van der Waals surface area contributed by atoms with Crippen molar-refractivity contribution >= 4 is 23.5 Å². The molecule has 1 amide bonds. The van der Waals surface area contributed by atoms with E-state index in [2.05, 4.69) is 10.3 Å². The third kappa shape index (κ3) is 4.39. The van der Waals surface area contributed by atoms with Crippen LogP contribution in [0.25, 0.3) is 11.3 Å². The number of nitrogens with zero attached hydrogens (tertiary/aromatic N) is 1. The van der Waals surface area contributed by atoms with E-state index >= 15 is 0 Å². The standard InChI is InChI=1S/C18H19ClN2O4/c19-13-4-2-12(3-5-13)14-11-20-16(25-14)7-6-15(22)21-18(8-1-9-18)10-17(23)24/h2-5,11H,1,6-10H2,(H,21,22)(H,23,24). The van der Waals surface area contributed by atoms with Crippen LogP contribution in [0.2, 0.25) is 5.02 Å². The molecule has 25 heavy (non-hydrogen) atoms. The number of hydrogen-bond acceptors (Lipinski definition) is 4. The van der Waals surface area contributed by atoms with Crippen LogP contribution in [0.15, 0.2) is 34.9 Å². The molecule has 2 aromatic rings. The van der Waals surface area contributed by atoms with Gasteiger partial charge in [0.2, 0.25) is 5.91 Å². The Balaban J connectivity index is 1.54. The number of carboxylic acids is 1. The lowest BCUT2D eigenvalue weighted by Gasteiger charge is -2.41. The number of aryl methyl sites for hydroxylation is 1. The Bertz CT molecular complexity index is 766. The highest BCUT2D eigenvalue weighted by molar-refractivity contribution is 6.30. The highest BCUT2D eigenvalue weighted by Crippen LogP contribution is 2.35. The van der Waals surface area contributed by atoms with E-state index in [4.69, 9.17) is 21.1 Å². The van der Waals surface area contributed by atoms with E-state index in [1.807, 2.05) is 12.1 Å². The number of amides is 1. The first-order valence-corrected chi connectivity index (χ1v) is 8.57.